The van der Waals surface area contributed by atoms with Crippen LogP contribution in [0.4, 0.5) is 5.82 Å². The lowest BCUT2D eigenvalue weighted by atomic mass is 10.1. The number of nitrogens with two attached hydrogens (primary N) is 1. The number of methoxy groups -OCH3 is 1. The van der Waals surface area contributed by atoms with Gasteiger partial charge in [0.05, 0.1) is 24.2 Å². The Labute approximate surface area is 136 Å². The van der Waals surface area contributed by atoms with Crippen molar-refractivity contribution in [1.82, 2.24) is 9.97 Å². The fraction of sp³-hybridized carbons (Fsp3) is 0.158. The van der Waals surface area contributed by atoms with Crippen LogP contribution in [-0.2, 0) is 6.42 Å². The number of aromatic nitrogens is 2. The van der Waals surface area contributed by atoms with Crippen molar-refractivity contribution in [3.05, 3.63) is 71.5 Å². The molecular weight excluding hydrogens is 286 g/mol. The Bertz CT molecular complexity index is 799. The van der Waals surface area contributed by atoms with E-state index in [0.717, 1.165) is 34.0 Å². The molecular formula is C19H19N3O. The molecule has 4 nitrogen and oxygen atoms in total. The van der Waals surface area contributed by atoms with Gasteiger partial charge in [-0.25, -0.2) is 9.97 Å². The number of nitrogens with zero attached hydrogens (tertiary/aromatic N) is 2. The predicted octanol–water partition coefficient (Wildman–Crippen LogP) is 3.63. The zero-order chi connectivity index (χ0) is 16.2. The van der Waals surface area contributed by atoms with Gasteiger partial charge in [-0.15, -0.1) is 0 Å². The largest absolute Gasteiger partial charge is 0.497 e. The minimum absolute atomic E-state index is 0.489. The maximum absolute atomic E-state index is 6.07. The van der Waals surface area contributed by atoms with Crippen LogP contribution in [0.25, 0.3) is 11.3 Å². The zero-order valence-corrected chi connectivity index (χ0v) is 13.3. The first-order valence-corrected chi connectivity index (χ1v) is 7.48. The second-order valence-corrected chi connectivity index (χ2v) is 5.38. The molecule has 23 heavy (non-hydrogen) atoms. The zero-order valence-electron chi connectivity index (χ0n) is 13.3. The molecule has 0 atom stereocenters. The van der Waals surface area contributed by atoms with Crippen LogP contribution in [0.3, 0.4) is 0 Å². The minimum atomic E-state index is 0.489. The van der Waals surface area contributed by atoms with Crippen molar-refractivity contribution in [3.63, 3.8) is 0 Å². The van der Waals surface area contributed by atoms with Crippen molar-refractivity contribution in [2.45, 2.75) is 13.3 Å². The third-order valence-electron chi connectivity index (χ3n) is 3.75. The molecule has 2 N–H and O–H groups in total. The van der Waals surface area contributed by atoms with Gasteiger partial charge in [0.2, 0.25) is 0 Å². The van der Waals surface area contributed by atoms with Crippen molar-refractivity contribution in [3.8, 4) is 17.0 Å². The van der Waals surface area contributed by atoms with Crippen molar-refractivity contribution in [1.29, 1.82) is 0 Å². The number of nitrogen functional groups attached to an aromatic ring is 1. The molecule has 0 saturated heterocycles. The van der Waals surface area contributed by atoms with E-state index >= 15 is 0 Å². The van der Waals surface area contributed by atoms with Crippen LogP contribution in [0.5, 0.6) is 5.75 Å². The van der Waals surface area contributed by atoms with Gasteiger partial charge in [-0.2, -0.15) is 0 Å². The molecule has 0 aliphatic carbocycles. The second-order valence-electron chi connectivity index (χ2n) is 5.38. The highest BCUT2D eigenvalue weighted by molar-refractivity contribution is 5.64. The molecule has 0 fully saturated rings. The molecule has 116 valence electrons. The third-order valence-corrected chi connectivity index (χ3v) is 3.75. The lowest BCUT2D eigenvalue weighted by molar-refractivity contribution is 0.415. The molecule has 0 spiro atoms. The second kappa shape index (κ2) is 6.48. The summed E-state index contributed by atoms with van der Waals surface area (Å²) in [6.07, 6.45) is 0.670. The van der Waals surface area contributed by atoms with Crippen LogP contribution < -0.4 is 10.5 Å². The normalized spacial score (nSPS) is 10.5. The number of benzene rings is 2. The molecule has 0 amide bonds. The van der Waals surface area contributed by atoms with Crippen LogP contribution in [0, 0.1) is 6.92 Å². The Morgan fingerprint density at radius 1 is 0.957 bits per heavy atom. The van der Waals surface area contributed by atoms with Crippen molar-refractivity contribution in [2.24, 2.45) is 0 Å². The van der Waals surface area contributed by atoms with Crippen molar-refractivity contribution < 1.29 is 4.74 Å². The van der Waals surface area contributed by atoms with E-state index in [1.165, 1.54) is 0 Å². The van der Waals surface area contributed by atoms with Gasteiger partial charge in [-0.1, -0.05) is 30.3 Å². The Morgan fingerprint density at radius 2 is 1.65 bits per heavy atom. The number of hydrogen-bond donors (Lipinski definition) is 1. The number of rotatable bonds is 4. The number of aryl methyl sites for hydroxylation is 1. The SMILES string of the molecule is COc1ccc(-c2nc(Cc3ccccc3)c(N)nc2C)cc1. The fourth-order valence-corrected chi connectivity index (χ4v) is 2.51. The number of ether oxygens (including phenoxy) is 1. The Morgan fingerprint density at radius 3 is 2.30 bits per heavy atom. The molecule has 1 aromatic heterocycles. The Kier molecular flexibility index (Phi) is 4.24. The standard InChI is InChI=1S/C19H19N3O/c1-13-18(15-8-10-16(23-2)11-9-15)22-17(19(20)21-13)12-14-6-4-3-5-7-14/h3-11H,12H2,1-2H3,(H2,20,21). The van der Waals surface area contributed by atoms with E-state index < -0.39 is 0 Å². The number of anilines is 1. The Balaban J connectivity index is 1.98. The van der Waals surface area contributed by atoms with Gasteiger partial charge < -0.3 is 10.5 Å². The van der Waals surface area contributed by atoms with Crippen LogP contribution in [0.1, 0.15) is 17.0 Å². The van der Waals surface area contributed by atoms with Crippen LogP contribution in [0.15, 0.2) is 54.6 Å². The van der Waals surface area contributed by atoms with Crippen molar-refractivity contribution in [2.75, 3.05) is 12.8 Å². The fourth-order valence-electron chi connectivity index (χ4n) is 2.51. The molecule has 4 heteroatoms. The summed E-state index contributed by atoms with van der Waals surface area (Å²) >= 11 is 0. The van der Waals surface area contributed by atoms with Crippen molar-refractivity contribution >= 4 is 5.82 Å². The summed E-state index contributed by atoms with van der Waals surface area (Å²) in [7, 11) is 1.65. The average molecular weight is 305 g/mol. The van der Waals surface area contributed by atoms with E-state index in [1.54, 1.807) is 7.11 Å². The quantitative estimate of drug-likeness (QED) is 0.799. The van der Waals surface area contributed by atoms with Gasteiger partial charge in [0.25, 0.3) is 0 Å². The van der Waals surface area contributed by atoms with Gasteiger partial charge >= 0.3 is 0 Å². The predicted molar refractivity (Wildman–Crippen MR) is 92.4 cm³/mol. The summed E-state index contributed by atoms with van der Waals surface area (Å²) in [4.78, 5) is 9.24. The Hall–Kier alpha value is -2.88. The van der Waals surface area contributed by atoms with E-state index in [-0.39, 0.29) is 0 Å². The van der Waals surface area contributed by atoms with Gasteiger partial charge in [-0.3, -0.25) is 0 Å². The highest BCUT2D eigenvalue weighted by atomic mass is 16.5. The average Bonchev–Trinajstić information content (AvgIpc) is 2.58. The lowest BCUT2D eigenvalue weighted by Crippen LogP contribution is -2.06. The van der Waals surface area contributed by atoms with E-state index in [4.69, 9.17) is 15.5 Å². The summed E-state index contributed by atoms with van der Waals surface area (Å²) in [6, 6.07) is 18.0. The van der Waals surface area contributed by atoms with Gasteiger partial charge in [0.15, 0.2) is 0 Å². The van der Waals surface area contributed by atoms with E-state index in [9.17, 15) is 0 Å². The molecule has 0 aliphatic heterocycles. The van der Waals surface area contributed by atoms with E-state index in [0.29, 0.717) is 12.2 Å². The third kappa shape index (κ3) is 3.31. The highest BCUT2D eigenvalue weighted by Crippen LogP contribution is 2.25. The van der Waals surface area contributed by atoms with Crippen LogP contribution in [-0.4, -0.2) is 17.1 Å². The summed E-state index contributed by atoms with van der Waals surface area (Å²) in [6.45, 7) is 1.93. The van der Waals surface area contributed by atoms with Gasteiger partial charge in [-0.05, 0) is 36.8 Å². The monoisotopic (exact) mass is 305 g/mol. The molecule has 3 aromatic rings. The number of hydrogen-bond acceptors (Lipinski definition) is 4. The van der Waals surface area contributed by atoms with E-state index in [2.05, 4.69) is 17.1 Å². The topological polar surface area (TPSA) is 61.0 Å². The summed E-state index contributed by atoms with van der Waals surface area (Å²) < 4.78 is 5.20. The molecule has 3 rings (SSSR count). The molecule has 0 radical (unpaired) electrons. The maximum atomic E-state index is 6.07. The van der Waals surface area contributed by atoms with Crippen LogP contribution in [0.2, 0.25) is 0 Å². The molecule has 0 saturated carbocycles. The maximum Gasteiger partial charge on any atom is 0.145 e. The van der Waals surface area contributed by atoms with E-state index in [1.807, 2.05) is 49.4 Å². The highest BCUT2D eigenvalue weighted by Gasteiger charge is 2.11. The first-order chi connectivity index (χ1) is 11.2. The summed E-state index contributed by atoms with van der Waals surface area (Å²) in [5, 5.41) is 0. The minimum Gasteiger partial charge on any atom is -0.497 e. The molecule has 2 aromatic carbocycles. The smallest absolute Gasteiger partial charge is 0.145 e. The van der Waals surface area contributed by atoms with Crippen LogP contribution >= 0.6 is 0 Å². The molecule has 1 heterocycles. The summed E-state index contributed by atoms with van der Waals surface area (Å²) in [5.41, 5.74) is 10.7. The van der Waals surface area contributed by atoms with Gasteiger partial charge in [0.1, 0.15) is 11.6 Å². The lowest BCUT2D eigenvalue weighted by Gasteiger charge is -2.11. The molecule has 0 aliphatic rings. The van der Waals surface area contributed by atoms with Gasteiger partial charge in [0, 0.05) is 12.0 Å². The first kappa shape index (κ1) is 15.0. The molecule has 0 unspecified atom stereocenters. The first-order valence-electron chi connectivity index (χ1n) is 7.48. The molecule has 0 bridgehead atoms. The summed E-state index contributed by atoms with van der Waals surface area (Å²) in [5.74, 6) is 1.31.